The highest BCUT2D eigenvalue weighted by Crippen LogP contribution is 2.21. The maximum absolute atomic E-state index is 12.7. The van der Waals surface area contributed by atoms with E-state index in [0.29, 0.717) is 11.3 Å². The van der Waals surface area contributed by atoms with Gasteiger partial charge in [0.05, 0.1) is 15.1 Å². The summed E-state index contributed by atoms with van der Waals surface area (Å²) in [4.78, 5) is 17.7. The summed E-state index contributed by atoms with van der Waals surface area (Å²) >= 11 is 1.45. The summed E-state index contributed by atoms with van der Waals surface area (Å²) in [6.45, 7) is 6.51. The number of fused-ring (bicyclic) bond motifs is 1. The molecule has 0 unspecified atom stereocenters. The number of hydrogen-bond acceptors (Lipinski definition) is 4. The molecule has 0 radical (unpaired) electrons. The number of amides is 1. The molecule has 29 heavy (non-hydrogen) atoms. The average molecular weight is 429 g/mol. The number of allylic oxidation sites excluding steroid dienone is 1. The van der Waals surface area contributed by atoms with Gasteiger partial charge < -0.3 is 4.57 Å². The first kappa shape index (κ1) is 21.2. The van der Waals surface area contributed by atoms with Crippen molar-refractivity contribution < 1.29 is 13.2 Å². The van der Waals surface area contributed by atoms with E-state index in [4.69, 9.17) is 0 Å². The Morgan fingerprint density at radius 1 is 1.24 bits per heavy atom. The van der Waals surface area contributed by atoms with Crippen molar-refractivity contribution in [1.29, 1.82) is 0 Å². The zero-order valence-electron chi connectivity index (χ0n) is 16.6. The van der Waals surface area contributed by atoms with Crippen LogP contribution in [0.4, 0.5) is 0 Å². The highest BCUT2D eigenvalue weighted by atomic mass is 32.2. The molecule has 1 heterocycles. The minimum Gasteiger partial charge on any atom is -0.312 e. The van der Waals surface area contributed by atoms with Crippen molar-refractivity contribution in [2.75, 3.05) is 6.26 Å². The number of hydrogen-bond donors (Lipinski definition) is 0. The summed E-state index contributed by atoms with van der Waals surface area (Å²) in [5.74, 6) is -0.467. The summed E-state index contributed by atoms with van der Waals surface area (Å²) < 4.78 is 26.6. The van der Waals surface area contributed by atoms with Crippen LogP contribution < -0.4 is 4.80 Å². The lowest BCUT2D eigenvalue weighted by molar-refractivity contribution is 0.0997. The molecule has 0 saturated heterocycles. The standard InChI is InChI=1S/C22H24N2O3S2/c1-4-6-8-16-11-12-19-20(14-16)28-22(24(19)13-5-2)23-21(25)17-9-7-10-18(15-17)29(3,26)27/h5,7,9-12,14-15H,2,4,6,8,13H2,1,3H3. The SMILES string of the molecule is C=CCn1c(=NC(=O)c2cccc(S(C)(=O)=O)c2)sc2cc(CCCC)ccc21. The number of carbonyl (C=O) groups is 1. The molecule has 0 N–H and O–H groups in total. The quantitative estimate of drug-likeness (QED) is 0.525. The van der Waals surface area contributed by atoms with Crippen molar-refractivity contribution >= 4 is 37.3 Å². The predicted molar refractivity (Wildman–Crippen MR) is 118 cm³/mol. The lowest BCUT2D eigenvalue weighted by Gasteiger charge is -2.03. The zero-order chi connectivity index (χ0) is 21.0. The summed E-state index contributed by atoms with van der Waals surface area (Å²) in [5, 5.41) is 0. The molecule has 1 aromatic heterocycles. The third-order valence-electron chi connectivity index (χ3n) is 4.58. The first-order chi connectivity index (χ1) is 13.8. The molecule has 0 spiro atoms. The van der Waals surface area contributed by atoms with Crippen LogP contribution in [0.3, 0.4) is 0 Å². The van der Waals surface area contributed by atoms with Crippen LogP contribution in [0.5, 0.6) is 0 Å². The van der Waals surface area contributed by atoms with E-state index in [1.54, 1.807) is 18.2 Å². The van der Waals surface area contributed by atoms with E-state index in [1.165, 1.54) is 29.0 Å². The largest absolute Gasteiger partial charge is 0.312 e. The smallest absolute Gasteiger partial charge is 0.279 e. The molecule has 1 amide bonds. The molecule has 2 aromatic carbocycles. The van der Waals surface area contributed by atoms with Crippen molar-refractivity contribution in [1.82, 2.24) is 4.57 Å². The van der Waals surface area contributed by atoms with Gasteiger partial charge in [-0.05, 0) is 48.7 Å². The van der Waals surface area contributed by atoms with Gasteiger partial charge in [0.2, 0.25) is 0 Å². The Hall–Kier alpha value is -2.51. The van der Waals surface area contributed by atoms with E-state index in [2.05, 4.69) is 36.7 Å². The van der Waals surface area contributed by atoms with Gasteiger partial charge in [-0.25, -0.2) is 8.42 Å². The van der Waals surface area contributed by atoms with E-state index in [0.717, 1.165) is 35.7 Å². The summed E-state index contributed by atoms with van der Waals surface area (Å²) in [7, 11) is -3.39. The lowest BCUT2D eigenvalue weighted by Crippen LogP contribution is -2.16. The normalized spacial score (nSPS) is 12.4. The Kier molecular flexibility index (Phi) is 6.49. The lowest BCUT2D eigenvalue weighted by atomic mass is 10.1. The number of carbonyl (C=O) groups excluding carboxylic acids is 1. The van der Waals surface area contributed by atoms with Gasteiger partial charge in [0, 0.05) is 18.4 Å². The number of sulfone groups is 1. The molecule has 3 aromatic rings. The van der Waals surface area contributed by atoms with Gasteiger partial charge in [0.15, 0.2) is 14.6 Å². The predicted octanol–water partition coefficient (Wildman–Crippen LogP) is 4.38. The first-order valence-electron chi connectivity index (χ1n) is 9.46. The highest BCUT2D eigenvalue weighted by molar-refractivity contribution is 7.90. The van der Waals surface area contributed by atoms with Gasteiger partial charge in [-0.2, -0.15) is 4.99 Å². The highest BCUT2D eigenvalue weighted by Gasteiger charge is 2.13. The number of aryl methyl sites for hydroxylation is 1. The first-order valence-corrected chi connectivity index (χ1v) is 12.2. The molecule has 3 rings (SSSR count). The van der Waals surface area contributed by atoms with Gasteiger partial charge in [0.1, 0.15) is 0 Å². The fourth-order valence-corrected chi connectivity index (χ4v) is 4.82. The van der Waals surface area contributed by atoms with Crippen LogP contribution in [0.25, 0.3) is 10.2 Å². The fraction of sp³-hybridized carbons (Fsp3) is 0.273. The molecule has 0 aliphatic carbocycles. The van der Waals surface area contributed by atoms with Crippen molar-refractivity contribution in [2.24, 2.45) is 4.99 Å². The van der Waals surface area contributed by atoms with Crippen LogP contribution in [0.15, 0.2) is 65.0 Å². The summed E-state index contributed by atoms with van der Waals surface area (Å²) in [5.41, 5.74) is 2.52. The van der Waals surface area contributed by atoms with Crippen LogP contribution in [0.2, 0.25) is 0 Å². The summed E-state index contributed by atoms with van der Waals surface area (Å²) in [6.07, 6.45) is 6.19. The minimum absolute atomic E-state index is 0.106. The number of nitrogens with zero attached hydrogens (tertiary/aromatic N) is 2. The maximum atomic E-state index is 12.7. The van der Waals surface area contributed by atoms with Crippen molar-refractivity contribution in [3.05, 3.63) is 71.0 Å². The van der Waals surface area contributed by atoms with E-state index in [9.17, 15) is 13.2 Å². The average Bonchev–Trinajstić information content (AvgIpc) is 3.02. The minimum atomic E-state index is -3.39. The van der Waals surface area contributed by atoms with Crippen molar-refractivity contribution in [3.8, 4) is 0 Å². The molecule has 152 valence electrons. The molecule has 0 aliphatic rings. The van der Waals surface area contributed by atoms with Gasteiger partial charge in [-0.1, -0.05) is 42.9 Å². The zero-order valence-corrected chi connectivity index (χ0v) is 18.2. The van der Waals surface area contributed by atoms with Crippen molar-refractivity contribution in [2.45, 2.75) is 37.6 Å². The van der Waals surface area contributed by atoms with Crippen molar-refractivity contribution in [3.63, 3.8) is 0 Å². The van der Waals surface area contributed by atoms with Crippen LogP contribution in [-0.4, -0.2) is 25.1 Å². The Bertz CT molecular complexity index is 1230. The molecule has 0 bridgehead atoms. The van der Waals surface area contributed by atoms with Gasteiger partial charge in [-0.15, -0.1) is 6.58 Å². The third kappa shape index (κ3) is 4.92. The van der Waals surface area contributed by atoms with Gasteiger partial charge in [-0.3, -0.25) is 4.79 Å². The van der Waals surface area contributed by atoms with Crippen LogP contribution in [-0.2, 0) is 22.8 Å². The second-order valence-electron chi connectivity index (χ2n) is 6.91. The molecular weight excluding hydrogens is 404 g/mol. The van der Waals surface area contributed by atoms with E-state index in [-0.39, 0.29) is 10.5 Å². The molecule has 0 atom stereocenters. The molecule has 5 nitrogen and oxygen atoms in total. The Morgan fingerprint density at radius 3 is 2.72 bits per heavy atom. The van der Waals surface area contributed by atoms with Crippen LogP contribution in [0, 0.1) is 0 Å². The number of aromatic nitrogens is 1. The number of unbranched alkanes of at least 4 members (excludes halogenated alkanes) is 1. The third-order valence-corrected chi connectivity index (χ3v) is 6.74. The molecule has 0 aliphatic heterocycles. The van der Waals surface area contributed by atoms with E-state index < -0.39 is 15.7 Å². The molecule has 0 fully saturated rings. The van der Waals surface area contributed by atoms with Crippen LogP contribution >= 0.6 is 11.3 Å². The Balaban J connectivity index is 2.07. The Morgan fingerprint density at radius 2 is 2.03 bits per heavy atom. The number of rotatable bonds is 7. The fourth-order valence-electron chi connectivity index (χ4n) is 3.06. The topological polar surface area (TPSA) is 68.5 Å². The van der Waals surface area contributed by atoms with Gasteiger partial charge >= 0.3 is 0 Å². The molecule has 7 heteroatoms. The Labute approximate surface area is 175 Å². The molecule has 0 saturated carbocycles. The summed E-state index contributed by atoms with van der Waals surface area (Å²) in [6, 6.07) is 12.3. The monoisotopic (exact) mass is 428 g/mol. The maximum Gasteiger partial charge on any atom is 0.279 e. The second kappa shape index (κ2) is 8.88. The van der Waals surface area contributed by atoms with E-state index >= 15 is 0 Å². The second-order valence-corrected chi connectivity index (χ2v) is 9.93. The number of thiazole rings is 1. The number of benzene rings is 2. The molecular formula is C22H24N2O3S2. The van der Waals surface area contributed by atoms with Gasteiger partial charge in [0.25, 0.3) is 5.91 Å². The van der Waals surface area contributed by atoms with Crippen LogP contribution in [0.1, 0.15) is 35.7 Å². The van der Waals surface area contributed by atoms with E-state index in [1.807, 2.05) is 4.57 Å².